The number of urea groups is 1. The van der Waals surface area contributed by atoms with Crippen LogP contribution < -0.4 is 10.6 Å². The third kappa shape index (κ3) is 8.30. The minimum atomic E-state index is -1.05. The van der Waals surface area contributed by atoms with Crippen molar-refractivity contribution in [1.82, 2.24) is 10.6 Å². The first-order valence-corrected chi connectivity index (χ1v) is 5.99. The lowest BCUT2D eigenvalue weighted by atomic mass is 10.2. The van der Waals surface area contributed by atoms with Crippen molar-refractivity contribution in [2.24, 2.45) is 0 Å². The van der Waals surface area contributed by atoms with E-state index in [1.807, 2.05) is 0 Å². The normalized spacial score (nSPS) is 11.6. The molecule has 5 heteroatoms. The molecule has 0 rings (SSSR count). The third-order valence-corrected chi connectivity index (χ3v) is 2.32. The first-order chi connectivity index (χ1) is 8.11. The quantitative estimate of drug-likeness (QED) is 0.427. The summed E-state index contributed by atoms with van der Waals surface area (Å²) in [6.07, 6.45) is 5.98. The van der Waals surface area contributed by atoms with E-state index in [-0.39, 0.29) is 6.42 Å². The largest absolute Gasteiger partial charge is 0.480 e. The van der Waals surface area contributed by atoms with E-state index in [2.05, 4.69) is 24.1 Å². The molecule has 0 aromatic carbocycles. The van der Waals surface area contributed by atoms with Crippen LogP contribution in [0.4, 0.5) is 4.79 Å². The smallest absolute Gasteiger partial charge is 0.326 e. The van der Waals surface area contributed by atoms with Crippen LogP contribution in [0, 0.1) is 0 Å². The lowest BCUT2D eigenvalue weighted by Crippen LogP contribution is -2.45. The fourth-order valence-electron chi connectivity index (χ4n) is 1.35. The molecule has 0 aromatic heterocycles. The Bertz CT molecular complexity index is 254. The molecule has 0 aliphatic rings. The van der Waals surface area contributed by atoms with Crippen molar-refractivity contribution >= 4 is 12.0 Å². The molecule has 0 aliphatic heterocycles. The molecular weight excluding hydrogens is 220 g/mol. The standard InChI is InChI=1S/C12H22N2O3/c1-3-5-6-7-9-13-12(17)14-10(8-4-2)11(15)16/h4,10H,2-3,5-9H2,1H3,(H,15,16)(H2,13,14,17). The molecule has 98 valence electrons. The Hall–Kier alpha value is -1.52. The van der Waals surface area contributed by atoms with Gasteiger partial charge < -0.3 is 15.7 Å². The number of rotatable bonds is 9. The fourth-order valence-corrected chi connectivity index (χ4v) is 1.35. The van der Waals surface area contributed by atoms with E-state index in [0.29, 0.717) is 6.54 Å². The van der Waals surface area contributed by atoms with Crippen molar-refractivity contribution in [3.8, 4) is 0 Å². The maximum atomic E-state index is 11.3. The average molecular weight is 242 g/mol. The monoisotopic (exact) mass is 242 g/mol. The Morgan fingerprint density at radius 3 is 2.59 bits per heavy atom. The van der Waals surface area contributed by atoms with Crippen LogP contribution in [0.15, 0.2) is 12.7 Å². The summed E-state index contributed by atoms with van der Waals surface area (Å²) in [6, 6.07) is -1.33. The predicted molar refractivity (Wildman–Crippen MR) is 66.9 cm³/mol. The Morgan fingerprint density at radius 1 is 1.35 bits per heavy atom. The Kier molecular flexibility index (Phi) is 8.82. The van der Waals surface area contributed by atoms with E-state index in [4.69, 9.17) is 5.11 Å². The highest BCUT2D eigenvalue weighted by molar-refractivity contribution is 5.82. The molecule has 0 heterocycles. The van der Waals surface area contributed by atoms with Gasteiger partial charge in [-0.3, -0.25) is 0 Å². The summed E-state index contributed by atoms with van der Waals surface area (Å²) in [5.74, 6) is -1.05. The van der Waals surface area contributed by atoms with Crippen molar-refractivity contribution in [3.63, 3.8) is 0 Å². The first-order valence-electron chi connectivity index (χ1n) is 5.99. The highest BCUT2D eigenvalue weighted by Crippen LogP contribution is 1.97. The van der Waals surface area contributed by atoms with Gasteiger partial charge in [0.05, 0.1) is 0 Å². The summed E-state index contributed by atoms with van der Waals surface area (Å²) < 4.78 is 0. The van der Waals surface area contributed by atoms with Crippen LogP contribution in [0.3, 0.4) is 0 Å². The number of carboxylic acid groups (broad SMARTS) is 1. The van der Waals surface area contributed by atoms with E-state index in [9.17, 15) is 9.59 Å². The number of amides is 2. The summed E-state index contributed by atoms with van der Waals surface area (Å²) in [5.41, 5.74) is 0. The molecule has 0 radical (unpaired) electrons. The molecule has 0 fully saturated rings. The lowest BCUT2D eigenvalue weighted by Gasteiger charge is -2.13. The van der Waals surface area contributed by atoms with E-state index in [0.717, 1.165) is 25.7 Å². The van der Waals surface area contributed by atoms with Crippen LogP contribution in [-0.4, -0.2) is 29.7 Å². The second-order valence-electron chi connectivity index (χ2n) is 3.88. The maximum Gasteiger partial charge on any atom is 0.326 e. The number of hydrogen-bond donors (Lipinski definition) is 3. The number of unbranched alkanes of at least 4 members (excludes halogenated alkanes) is 3. The summed E-state index contributed by atoms with van der Waals surface area (Å²) in [7, 11) is 0. The van der Waals surface area contributed by atoms with Gasteiger partial charge in [0, 0.05) is 6.54 Å². The van der Waals surface area contributed by atoms with Gasteiger partial charge >= 0.3 is 12.0 Å². The molecule has 0 aromatic rings. The van der Waals surface area contributed by atoms with E-state index in [1.54, 1.807) is 0 Å². The van der Waals surface area contributed by atoms with Gasteiger partial charge in [-0.15, -0.1) is 6.58 Å². The lowest BCUT2D eigenvalue weighted by molar-refractivity contribution is -0.139. The average Bonchev–Trinajstić information content (AvgIpc) is 2.28. The number of aliphatic carboxylic acids is 1. The Morgan fingerprint density at radius 2 is 2.06 bits per heavy atom. The minimum Gasteiger partial charge on any atom is -0.480 e. The first kappa shape index (κ1) is 15.5. The molecule has 3 N–H and O–H groups in total. The second-order valence-corrected chi connectivity index (χ2v) is 3.88. The summed E-state index contributed by atoms with van der Waals surface area (Å²) in [5, 5.41) is 13.8. The van der Waals surface area contributed by atoms with Gasteiger partial charge in [-0.05, 0) is 12.8 Å². The number of carbonyl (C=O) groups is 2. The van der Waals surface area contributed by atoms with Crippen molar-refractivity contribution in [2.75, 3.05) is 6.54 Å². The second kappa shape index (κ2) is 9.69. The fraction of sp³-hybridized carbons (Fsp3) is 0.667. The van der Waals surface area contributed by atoms with Crippen LogP contribution in [0.5, 0.6) is 0 Å². The zero-order valence-electron chi connectivity index (χ0n) is 10.4. The van der Waals surface area contributed by atoms with Gasteiger partial charge in [-0.25, -0.2) is 9.59 Å². The molecule has 0 bridgehead atoms. The zero-order valence-corrected chi connectivity index (χ0v) is 10.4. The third-order valence-electron chi connectivity index (χ3n) is 2.32. The molecule has 2 amide bonds. The maximum absolute atomic E-state index is 11.3. The van der Waals surface area contributed by atoms with Crippen LogP contribution in [-0.2, 0) is 4.79 Å². The Labute approximate surface area is 102 Å². The van der Waals surface area contributed by atoms with Crippen LogP contribution >= 0.6 is 0 Å². The minimum absolute atomic E-state index is 0.221. The van der Waals surface area contributed by atoms with Crippen molar-refractivity contribution < 1.29 is 14.7 Å². The highest BCUT2D eigenvalue weighted by atomic mass is 16.4. The molecule has 5 nitrogen and oxygen atoms in total. The Balaban J connectivity index is 3.75. The van der Waals surface area contributed by atoms with E-state index >= 15 is 0 Å². The molecule has 0 spiro atoms. The summed E-state index contributed by atoms with van der Waals surface area (Å²) >= 11 is 0. The number of carbonyl (C=O) groups excluding carboxylic acids is 1. The zero-order chi connectivity index (χ0) is 13.1. The number of nitrogens with one attached hydrogen (secondary N) is 2. The van der Waals surface area contributed by atoms with Gasteiger partial charge in [0.1, 0.15) is 6.04 Å². The molecule has 1 unspecified atom stereocenters. The van der Waals surface area contributed by atoms with Crippen molar-refractivity contribution in [1.29, 1.82) is 0 Å². The van der Waals surface area contributed by atoms with Gasteiger partial charge in [0.25, 0.3) is 0 Å². The molecule has 0 saturated carbocycles. The van der Waals surface area contributed by atoms with Gasteiger partial charge in [0.15, 0.2) is 0 Å². The number of carboxylic acids is 1. The van der Waals surface area contributed by atoms with Gasteiger partial charge in [0.2, 0.25) is 0 Å². The summed E-state index contributed by atoms with van der Waals surface area (Å²) in [4.78, 5) is 22.1. The van der Waals surface area contributed by atoms with E-state index < -0.39 is 18.0 Å². The molecule has 0 saturated heterocycles. The van der Waals surface area contributed by atoms with Gasteiger partial charge in [-0.1, -0.05) is 32.3 Å². The van der Waals surface area contributed by atoms with Gasteiger partial charge in [-0.2, -0.15) is 0 Å². The predicted octanol–water partition coefficient (Wildman–Crippen LogP) is 1.90. The van der Waals surface area contributed by atoms with Crippen molar-refractivity contribution in [2.45, 2.75) is 45.1 Å². The molecule has 0 aliphatic carbocycles. The molecule has 1 atom stereocenters. The van der Waals surface area contributed by atoms with Crippen LogP contribution in [0.1, 0.15) is 39.0 Å². The van der Waals surface area contributed by atoms with E-state index in [1.165, 1.54) is 6.08 Å². The molecule has 17 heavy (non-hydrogen) atoms. The topological polar surface area (TPSA) is 78.4 Å². The van der Waals surface area contributed by atoms with Crippen LogP contribution in [0.25, 0.3) is 0 Å². The highest BCUT2D eigenvalue weighted by Gasteiger charge is 2.17. The van der Waals surface area contributed by atoms with Crippen molar-refractivity contribution in [3.05, 3.63) is 12.7 Å². The number of hydrogen-bond acceptors (Lipinski definition) is 2. The SMILES string of the molecule is C=CCC(NC(=O)NCCCCCC)C(=O)O. The van der Waals surface area contributed by atoms with Crippen LogP contribution in [0.2, 0.25) is 0 Å². The molecular formula is C12H22N2O3. The summed E-state index contributed by atoms with van der Waals surface area (Å²) in [6.45, 7) is 6.14.